The van der Waals surface area contributed by atoms with Crippen molar-refractivity contribution in [2.24, 2.45) is 0 Å². The molecule has 0 aromatic carbocycles. The summed E-state index contributed by atoms with van der Waals surface area (Å²) in [6, 6.07) is 3.48. The molecule has 7 rings (SSSR count). The third-order valence-corrected chi connectivity index (χ3v) is 26.2. The van der Waals surface area contributed by atoms with Gasteiger partial charge in [0, 0.05) is 82.2 Å². The van der Waals surface area contributed by atoms with E-state index in [1.165, 1.54) is 261 Å². The summed E-state index contributed by atoms with van der Waals surface area (Å²) >= 11 is 0. The number of fused-ring (bicyclic) bond motifs is 8. The van der Waals surface area contributed by atoms with E-state index in [1.807, 2.05) is 0 Å². The Morgan fingerprint density at radius 3 is 1.19 bits per heavy atom. The van der Waals surface area contributed by atoms with E-state index in [1.54, 1.807) is 0 Å². The van der Waals surface area contributed by atoms with Gasteiger partial charge in [0.15, 0.2) is 0 Å². The van der Waals surface area contributed by atoms with Crippen molar-refractivity contribution in [3.05, 3.63) is 89.2 Å². The maximum atomic E-state index is 14.3. The Bertz CT molecular complexity index is 3490. The van der Waals surface area contributed by atoms with Crippen LogP contribution in [0.4, 0.5) is 0 Å². The first kappa shape index (κ1) is 95.4. The number of amides is 2. The quantitative estimate of drug-likeness (QED) is 0.0210. The Kier molecular flexibility index (Phi) is 47.1. The van der Waals surface area contributed by atoms with Gasteiger partial charge in [-0.25, -0.2) is 0 Å². The number of nitrogens with one attached hydrogen (secondary N) is 6. The summed E-state index contributed by atoms with van der Waals surface area (Å²) in [7, 11) is 14.1. The number of hydrogen-bond acceptors (Lipinski definition) is 10. The number of carbonyl (C=O) groups is 2. The number of aryl methyl sites for hydroxylation is 1. The lowest BCUT2D eigenvalue weighted by Gasteiger charge is -2.32. The largest absolute Gasteiger partial charge is 0.356 e. The van der Waals surface area contributed by atoms with Crippen LogP contribution in [0.25, 0.3) is 24.3 Å². The fraction of sp³-hybridized carbons (Fsp3) is 0.773. The van der Waals surface area contributed by atoms with Crippen LogP contribution in [0.3, 0.4) is 0 Å². The molecule has 0 radical (unpaired) electrons. The second-order valence-electron chi connectivity index (χ2n) is 35.7. The average molecular weight is 1570 g/mol. The van der Waals surface area contributed by atoms with E-state index < -0.39 is 0 Å². The topological polar surface area (TPSA) is 147 Å². The molecule has 8 bridgehead atoms. The summed E-state index contributed by atoms with van der Waals surface area (Å²) in [6.07, 6.45) is 60.0. The highest BCUT2D eigenvalue weighted by atomic mass is 16.2. The third-order valence-electron chi connectivity index (χ3n) is 26.2. The van der Waals surface area contributed by atoms with E-state index in [-0.39, 0.29) is 11.8 Å². The summed E-state index contributed by atoms with van der Waals surface area (Å²) in [6.45, 7) is 35.2. The van der Waals surface area contributed by atoms with Gasteiger partial charge in [-0.15, -0.1) is 0 Å². The number of unbranched alkanes of at least 4 members (excludes halogenated alkanes) is 20. The van der Waals surface area contributed by atoms with Gasteiger partial charge < -0.3 is 69.8 Å². The van der Waals surface area contributed by atoms with Crippen molar-refractivity contribution in [3.8, 4) is 0 Å². The molecule has 7 heterocycles. The van der Waals surface area contributed by atoms with Crippen LogP contribution in [0.2, 0.25) is 0 Å². The van der Waals surface area contributed by atoms with Gasteiger partial charge in [0.25, 0.3) is 0 Å². The molecule has 0 saturated carbocycles. The van der Waals surface area contributed by atoms with Crippen LogP contribution < -0.4 is 32.0 Å². The average Bonchev–Trinajstić information content (AvgIpc) is 1.63. The molecule has 16 heteroatoms. The predicted molar refractivity (Wildman–Crippen MR) is 485 cm³/mol. The number of H-pyrrole nitrogens is 4. The van der Waals surface area contributed by atoms with Crippen molar-refractivity contribution >= 4 is 36.1 Å². The summed E-state index contributed by atoms with van der Waals surface area (Å²) in [5.74, 6) is 0.208. The molecule has 6 N–H and O–H groups in total. The number of rotatable bonds is 40. The summed E-state index contributed by atoms with van der Waals surface area (Å²) in [5, 5.41) is 11.1. The van der Waals surface area contributed by atoms with Crippen LogP contribution in [-0.2, 0) is 35.3 Å². The zero-order valence-corrected chi connectivity index (χ0v) is 75.4. The SMILES string of the molecule is CCCCCCCCCCCCCC1CCN(CCCNC(=O)CCc2c3[nH]c(c2C)C=c2[nH]c(c(C)c2CC)=Cc2[nH]c(cc2CC)C=c2[nH]c(c(CCC(=O)NCCCN4CCCN(C)CCCCN(C)CCCN(C)C(CCCCCCCCCCCCC)CC4)c2C)=C3)CCCN(C)CCCCN(C)CCCN1C. The molecule has 2 saturated heterocycles. The van der Waals surface area contributed by atoms with E-state index in [0.29, 0.717) is 50.9 Å². The molecule has 113 heavy (non-hydrogen) atoms. The molecular formula is C97H172N14O2. The molecule has 16 nitrogen and oxygen atoms in total. The Morgan fingerprint density at radius 2 is 0.743 bits per heavy atom. The van der Waals surface area contributed by atoms with Crippen molar-refractivity contribution in [1.29, 1.82) is 0 Å². The number of nitrogens with zero attached hydrogens (tertiary/aromatic N) is 8. The second-order valence-corrected chi connectivity index (χ2v) is 35.7. The Morgan fingerprint density at radius 1 is 0.363 bits per heavy atom. The molecule has 4 aromatic heterocycles. The normalized spacial score (nSPS) is 18.8. The number of hydrogen-bond donors (Lipinski definition) is 6. The fourth-order valence-corrected chi connectivity index (χ4v) is 18.5. The van der Waals surface area contributed by atoms with Gasteiger partial charge in [0.05, 0.1) is 0 Å². The lowest BCUT2D eigenvalue weighted by molar-refractivity contribution is -0.121. The molecule has 2 atom stereocenters. The van der Waals surface area contributed by atoms with Crippen molar-refractivity contribution in [2.75, 3.05) is 160 Å². The number of aromatic nitrogens is 4. The maximum absolute atomic E-state index is 14.3. The van der Waals surface area contributed by atoms with Crippen molar-refractivity contribution in [2.45, 2.75) is 330 Å². The highest BCUT2D eigenvalue weighted by Crippen LogP contribution is 2.25. The van der Waals surface area contributed by atoms with Crippen molar-refractivity contribution in [1.82, 2.24) is 69.8 Å². The van der Waals surface area contributed by atoms with Crippen LogP contribution >= 0.6 is 0 Å². The number of carbonyl (C=O) groups excluding carboxylic acids is 2. The minimum atomic E-state index is 0.104. The molecule has 2 fully saturated rings. The van der Waals surface area contributed by atoms with Gasteiger partial charge in [-0.3, -0.25) is 9.59 Å². The lowest BCUT2D eigenvalue weighted by Crippen LogP contribution is -2.39. The van der Waals surface area contributed by atoms with Gasteiger partial charge in [-0.2, -0.15) is 0 Å². The first-order chi connectivity index (χ1) is 55.0. The Hall–Kier alpha value is -4.78. The van der Waals surface area contributed by atoms with Crippen LogP contribution in [0.5, 0.6) is 0 Å². The highest BCUT2D eigenvalue weighted by Gasteiger charge is 2.23. The molecule has 0 spiro atoms. The van der Waals surface area contributed by atoms with Gasteiger partial charge in [0.1, 0.15) is 0 Å². The standard InChI is InChI=1S/C97H172N14O2/c1-14-18-20-22-24-26-28-30-32-34-36-48-84-54-72-110(70-46-64-106(10)60-40-38-58-104(8)62-44-66-108(84)12)68-42-56-98-96(112)52-50-87-80(6)89-75-83-74-82(16-3)92(100-83)76-90-79(5)86(17-4)93(102-90)77-91-81(7)88(95(103-91)78-94(87)101-89)51-53-97(113)99-57-43-69-111-71-47-65-107(11)61-41-39-59-105(9)63-45-67-109(13)85(55-73-111)49-37-35-33-31-29-27-25-23-21-19-15-2/h74-78,84-85,100-103H,14-73H2,1-13H3,(H,98,112)(H,99,113). The highest BCUT2D eigenvalue weighted by molar-refractivity contribution is 5.77. The number of aromatic amines is 4. The minimum absolute atomic E-state index is 0.104. The predicted octanol–water partition coefficient (Wildman–Crippen LogP) is 15.8. The molecule has 2 amide bonds. The molecule has 0 aliphatic carbocycles. The molecular weight excluding hydrogens is 1390 g/mol. The van der Waals surface area contributed by atoms with E-state index in [2.05, 4.69) is 191 Å². The monoisotopic (exact) mass is 1570 g/mol. The van der Waals surface area contributed by atoms with Gasteiger partial charge in [-0.1, -0.05) is 169 Å². The van der Waals surface area contributed by atoms with E-state index in [0.717, 1.165) is 171 Å². The summed E-state index contributed by atoms with van der Waals surface area (Å²) < 4.78 is 0. The van der Waals surface area contributed by atoms with Crippen LogP contribution in [0.15, 0.2) is 6.07 Å². The third kappa shape index (κ3) is 36.1. The van der Waals surface area contributed by atoms with Crippen LogP contribution in [0, 0.1) is 20.8 Å². The van der Waals surface area contributed by atoms with Crippen molar-refractivity contribution < 1.29 is 9.59 Å². The smallest absolute Gasteiger partial charge is 0.220 e. The molecule has 642 valence electrons. The molecule has 3 aliphatic rings. The van der Waals surface area contributed by atoms with Crippen molar-refractivity contribution in [3.63, 3.8) is 0 Å². The van der Waals surface area contributed by atoms with E-state index in [9.17, 15) is 9.59 Å². The Labute approximate surface area is 691 Å². The molecule has 2 unspecified atom stereocenters. The summed E-state index contributed by atoms with van der Waals surface area (Å²) in [4.78, 5) is 65.2. The first-order valence-electron chi connectivity index (χ1n) is 47.3. The zero-order chi connectivity index (χ0) is 80.8. The van der Waals surface area contributed by atoms with E-state index in [4.69, 9.17) is 0 Å². The van der Waals surface area contributed by atoms with Gasteiger partial charge in [0.2, 0.25) is 11.8 Å². The van der Waals surface area contributed by atoms with E-state index >= 15 is 0 Å². The lowest BCUT2D eigenvalue weighted by atomic mass is 10.0. The zero-order valence-electron chi connectivity index (χ0n) is 75.4. The van der Waals surface area contributed by atoms with Gasteiger partial charge in [-0.05, 0) is 353 Å². The second kappa shape index (κ2) is 55.8. The maximum Gasteiger partial charge on any atom is 0.220 e. The minimum Gasteiger partial charge on any atom is -0.356 e. The van der Waals surface area contributed by atoms with Crippen LogP contribution in [-0.4, -0.2) is 243 Å². The molecule has 3 aliphatic heterocycles. The summed E-state index contributed by atoms with van der Waals surface area (Å²) in [5.41, 5.74) is 12.7. The fourth-order valence-electron chi connectivity index (χ4n) is 18.5. The van der Waals surface area contributed by atoms with Crippen LogP contribution in [0.1, 0.15) is 333 Å². The first-order valence-corrected chi connectivity index (χ1v) is 47.3. The Balaban J connectivity index is 1.03. The molecule has 4 aromatic rings. The van der Waals surface area contributed by atoms with Gasteiger partial charge >= 0.3 is 0 Å².